The third kappa shape index (κ3) is 5.55. The van der Waals surface area contributed by atoms with E-state index in [1.54, 1.807) is 19.1 Å². The predicted molar refractivity (Wildman–Crippen MR) is 77.1 cm³/mol. The van der Waals surface area contributed by atoms with Crippen molar-refractivity contribution in [1.82, 2.24) is 9.44 Å². The fraction of sp³-hybridized carbons (Fsp3) is 0.455. The third-order valence-electron chi connectivity index (χ3n) is 2.50. The van der Waals surface area contributed by atoms with Gasteiger partial charge >= 0.3 is 0 Å². The van der Waals surface area contributed by atoms with Crippen molar-refractivity contribution in [2.45, 2.75) is 17.9 Å². The van der Waals surface area contributed by atoms with E-state index in [1.807, 2.05) is 0 Å². The molecule has 0 aliphatic carbocycles. The van der Waals surface area contributed by atoms with Crippen LogP contribution in [0.5, 0.6) is 0 Å². The summed E-state index contributed by atoms with van der Waals surface area (Å²) in [5, 5.41) is 0. The summed E-state index contributed by atoms with van der Waals surface area (Å²) in [6, 6.07) is 6.05. The topological polar surface area (TPSA) is 118 Å². The number of sulfonamides is 2. The minimum absolute atomic E-state index is 0.00399. The molecule has 1 atom stereocenters. The second-order valence-electron chi connectivity index (χ2n) is 4.42. The third-order valence-corrected chi connectivity index (χ3v) is 4.70. The Morgan fingerprint density at radius 2 is 1.55 bits per heavy atom. The summed E-state index contributed by atoms with van der Waals surface area (Å²) in [6.07, 6.45) is 1.01. The van der Waals surface area contributed by atoms with Crippen molar-refractivity contribution in [2.24, 2.45) is 5.73 Å². The zero-order valence-electron chi connectivity index (χ0n) is 11.3. The van der Waals surface area contributed by atoms with Crippen LogP contribution in [-0.4, -0.2) is 36.2 Å². The molecule has 0 amide bonds. The van der Waals surface area contributed by atoms with Gasteiger partial charge < -0.3 is 5.73 Å². The van der Waals surface area contributed by atoms with Crippen LogP contribution in [0.2, 0.25) is 0 Å². The van der Waals surface area contributed by atoms with Crippen LogP contribution in [-0.2, 0) is 20.0 Å². The number of benzene rings is 1. The van der Waals surface area contributed by atoms with E-state index in [1.165, 1.54) is 12.1 Å². The lowest BCUT2D eigenvalue weighted by Gasteiger charge is -2.09. The Kier molecular flexibility index (Phi) is 5.66. The number of nitrogens with two attached hydrogens (primary N) is 1. The Labute approximate surface area is 119 Å². The second kappa shape index (κ2) is 6.64. The maximum absolute atomic E-state index is 11.9. The van der Waals surface area contributed by atoms with E-state index in [0.717, 1.165) is 11.8 Å². The molecule has 1 aromatic rings. The first-order valence-electron chi connectivity index (χ1n) is 5.92. The molecule has 4 N–H and O–H groups in total. The standard InChI is InChI=1S/C11H19N3O4S2/c1-9(12)10-3-5-11(6-4-10)20(17,18)14-8-7-13-19(2,15)16/h3-6,9,13-14H,7-8,12H2,1-2H3. The van der Waals surface area contributed by atoms with E-state index in [0.29, 0.717) is 0 Å². The van der Waals surface area contributed by atoms with E-state index in [2.05, 4.69) is 9.44 Å². The molecule has 20 heavy (non-hydrogen) atoms. The van der Waals surface area contributed by atoms with Crippen molar-refractivity contribution in [3.05, 3.63) is 29.8 Å². The second-order valence-corrected chi connectivity index (χ2v) is 8.02. The van der Waals surface area contributed by atoms with Crippen LogP contribution in [0.1, 0.15) is 18.5 Å². The largest absolute Gasteiger partial charge is 0.324 e. The van der Waals surface area contributed by atoms with Gasteiger partial charge in [-0.05, 0) is 24.6 Å². The van der Waals surface area contributed by atoms with Gasteiger partial charge in [-0.2, -0.15) is 0 Å². The van der Waals surface area contributed by atoms with Gasteiger partial charge in [-0.15, -0.1) is 0 Å². The van der Waals surface area contributed by atoms with Gasteiger partial charge in [-0.25, -0.2) is 26.3 Å². The molecule has 0 heterocycles. The average Bonchev–Trinajstić information content (AvgIpc) is 2.34. The Balaban J connectivity index is 2.65. The van der Waals surface area contributed by atoms with Crippen molar-refractivity contribution < 1.29 is 16.8 Å². The molecule has 0 aromatic heterocycles. The minimum atomic E-state index is -3.65. The van der Waals surface area contributed by atoms with E-state index in [9.17, 15) is 16.8 Å². The highest BCUT2D eigenvalue weighted by Crippen LogP contribution is 2.14. The molecule has 0 saturated carbocycles. The summed E-state index contributed by atoms with van der Waals surface area (Å²) < 4.78 is 50.0. The zero-order valence-corrected chi connectivity index (χ0v) is 13.0. The maximum atomic E-state index is 11.9. The lowest BCUT2D eigenvalue weighted by Crippen LogP contribution is -2.34. The SMILES string of the molecule is CC(N)c1ccc(S(=O)(=O)NCCNS(C)(=O)=O)cc1. The molecule has 0 aliphatic heterocycles. The molecule has 114 valence electrons. The lowest BCUT2D eigenvalue weighted by atomic mass is 10.1. The van der Waals surface area contributed by atoms with Crippen molar-refractivity contribution in [2.75, 3.05) is 19.3 Å². The Morgan fingerprint density at radius 3 is 2.00 bits per heavy atom. The number of hydrogen-bond donors (Lipinski definition) is 3. The van der Waals surface area contributed by atoms with E-state index in [-0.39, 0.29) is 24.0 Å². The first-order valence-corrected chi connectivity index (χ1v) is 9.29. The van der Waals surface area contributed by atoms with Gasteiger partial charge in [0.1, 0.15) is 0 Å². The summed E-state index contributed by atoms with van der Waals surface area (Å²) in [4.78, 5) is 0.112. The maximum Gasteiger partial charge on any atom is 0.240 e. The van der Waals surface area contributed by atoms with Crippen LogP contribution < -0.4 is 15.2 Å². The Bertz CT molecular complexity index is 637. The van der Waals surface area contributed by atoms with E-state index < -0.39 is 20.0 Å². The van der Waals surface area contributed by atoms with E-state index in [4.69, 9.17) is 5.73 Å². The van der Waals surface area contributed by atoms with Crippen LogP contribution >= 0.6 is 0 Å². The number of hydrogen-bond acceptors (Lipinski definition) is 5. The molecule has 7 nitrogen and oxygen atoms in total. The highest BCUT2D eigenvalue weighted by Gasteiger charge is 2.13. The van der Waals surface area contributed by atoms with Gasteiger partial charge in [0.15, 0.2) is 0 Å². The smallest absolute Gasteiger partial charge is 0.240 e. The van der Waals surface area contributed by atoms with Crippen molar-refractivity contribution in [3.8, 4) is 0 Å². The molecule has 0 saturated heterocycles. The summed E-state index contributed by atoms with van der Waals surface area (Å²) >= 11 is 0. The van der Waals surface area contributed by atoms with Gasteiger partial charge in [0, 0.05) is 19.1 Å². The molecule has 1 rings (SSSR count). The molecule has 0 radical (unpaired) electrons. The fourth-order valence-corrected chi connectivity index (χ4v) is 2.96. The quantitative estimate of drug-likeness (QED) is 0.587. The molecule has 0 spiro atoms. The minimum Gasteiger partial charge on any atom is -0.324 e. The summed E-state index contributed by atoms with van der Waals surface area (Å²) in [5.41, 5.74) is 6.52. The monoisotopic (exact) mass is 321 g/mol. The molecular weight excluding hydrogens is 302 g/mol. The van der Waals surface area contributed by atoms with E-state index >= 15 is 0 Å². The highest BCUT2D eigenvalue weighted by atomic mass is 32.2. The van der Waals surface area contributed by atoms with Crippen molar-refractivity contribution >= 4 is 20.0 Å². The van der Waals surface area contributed by atoms with Gasteiger partial charge in [0.25, 0.3) is 0 Å². The average molecular weight is 321 g/mol. The van der Waals surface area contributed by atoms with Crippen LogP contribution in [0.15, 0.2) is 29.2 Å². The van der Waals surface area contributed by atoms with Crippen LogP contribution in [0.3, 0.4) is 0 Å². The Hall–Kier alpha value is -1.00. The molecule has 0 bridgehead atoms. The predicted octanol–water partition coefficient (Wildman–Crippen LogP) is -0.466. The lowest BCUT2D eigenvalue weighted by molar-refractivity contribution is 0.573. The first-order chi connectivity index (χ1) is 9.12. The van der Waals surface area contributed by atoms with Gasteiger partial charge in [0.05, 0.1) is 11.2 Å². The normalized spacial score (nSPS) is 14.2. The summed E-state index contributed by atoms with van der Waals surface area (Å²) in [5.74, 6) is 0. The molecule has 0 aliphatic rings. The molecule has 0 fully saturated rings. The zero-order chi connectivity index (χ0) is 15.4. The van der Waals surface area contributed by atoms with Crippen molar-refractivity contribution in [3.63, 3.8) is 0 Å². The van der Waals surface area contributed by atoms with Crippen LogP contribution in [0.4, 0.5) is 0 Å². The van der Waals surface area contributed by atoms with Gasteiger partial charge in [-0.1, -0.05) is 12.1 Å². The molecule has 1 aromatic carbocycles. The van der Waals surface area contributed by atoms with Gasteiger partial charge in [-0.3, -0.25) is 0 Å². The molecule has 9 heteroatoms. The fourth-order valence-electron chi connectivity index (χ4n) is 1.46. The number of rotatable bonds is 7. The van der Waals surface area contributed by atoms with Gasteiger partial charge in [0.2, 0.25) is 20.0 Å². The molecule has 1 unspecified atom stereocenters. The summed E-state index contributed by atoms with van der Waals surface area (Å²) in [7, 11) is -6.97. The van der Waals surface area contributed by atoms with Crippen molar-refractivity contribution in [1.29, 1.82) is 0 Å². The Morgan fingerprint density at radius 1 is 1.05 bits per heavy atom. The van der Waals surface area contributed by atoms with Crippen LogP contribution in [0.25, 0.3) is 0 Å². The first kappa shape index (κ1) is 17.1. The summed E-state index contributed by atoms with van der Waals surface area (Å²) in [6.45, 7) is 1.78. The van der Waals surface area contributed by atoms with Crippen LogP contribution in [0, 0.1) is 0 Å². The number of nitrogens with one attached hydrogen (secondary N) is 2. The highest BCUT2D eigenvalue weighted by molar-refractivity contribution is 7.89. The molecular formula is C11H19N3O4S2.